The van der Waals surface area contributed by atoms with Crippen LogP contribution in [0.5, 0.6) is 5.75 Å². The monoisotopic (exact) mass is 354 g/mol. The summed E-state index contributed by atoms with van der Waals surface area (Å²) in [5.41, 5.74) is 0.681. The maximum absolute atomic E-state index is 10.8. The highest BCUT2D eigenvalue weighted by Crippen LogP contribution is 2.34. The second-order valence-corrected chi connectivity index (χ2v) is 6.27. The third-order valence-electron chi connectivity index (χ3n) is 3.20. The van der Waals surface area contributed by atoms with Crippen molar-refractivity contribution < 1.29 is 9.84 Å². The van der Waals surface area contributed by atoms with Gasteiger partial charge in [-0.1, -0.05) is 39.7 Å². The first-order chi connectivity index (χ1) is 9.42. The lowest BCUT2D eigenvalue weighted by molar-refractivity contribution is 0.0549. The Bertz CT molecular complexity index is 594. The van der Waals surface area contributed by atoms with Gasteiger partial charge in [-0.25, -0.2) is 0 Å². The molecule has 0 aliphatic rings. The Balaban J connectivity index is 2.34. The van der Waals surface area contributed by atoms with Crippen molar-refractivity contribution in [3.05, 3.63) is 63.1 Å². The minimum atomic E-state index is -1.05. The lowest BCUT2D eigenvalue weighted by atomic mass is 9.88. The molecule has 2 aromatic carbocycles. The fourth-order valence-corrected chi connectivity index (χ4v) is 2.63. The Morgan fingerprint density at radius 2 is 1.85 bits per heavy atom. The number of hydrogen-bond donors (Lipinski definition) is 1. The zero-order valence-electron chi connectivity index (χ0n) is 11.4. The van der Waals surface area contributed by atoms with E-state index in [2.05, 4.69) is 15.9 Å². The van der Waals surface area contributed by atoms with Gasteiger partial charge >= 0.3 is 0 Å². The van der Waals surface area contributed by atoms with Crippen molar-refractivity contribution in [1.29, 1.82) is 0 Å². The van der Waals surface area contributed by atoms with Gasteiger partial charge in [-0.2, -0.15) is 0 Å². The summed E-state index contributed by atoms with van der Waals surface area (Å²) in [6, 6.07) is 13.2. The fourth-order valence-electron chi connectivity index (χ4n) is 2.20. The first-order valence-electron chi connectivity index (χ1n) is 6.23. The molecule has 0 aliphatic heterocycles. The van der Waals surface area contributed by atoms with Crippen LogP contribution in [0.3, 0.4) is 0 Å². The van der Waals surface area contributed by atoms with E-state index < -0.39 is 5.60 Å². The zero-order valence-corrected chi connectivity index (χ0v) is 13.7. The smallest absolute Gasteiger partial charge is 0.125 e. The van der Waals surface area contributed by atoms with E-state index >= 15 is 0 Å². The Morgan fingerprint density at radius 3 is 2.45 bits per heavy atom. The third-order valence-corrected chi connectivity index (χ3v) is 3.97. The standard InChI is InChI=1S/C16H16BrClO2/c1-16(19,10-11-3-5-12(17)6-4-11)14-9-13(18)7-8-15(14)20-2/h3-9,19H,10H2,1-2H3. The molecule has 1 atom stereocenters. The summed E-state index contributed by atoms with van der Waals surface area (Å²) in [4.78, 5) is 0. The van der Waals surface area contributed by atoms with Crippen LogP contribution in [0.25, 0.3) is 0 Å². The number of halogens is 2. The molecular formula is C16H16BrClO2. The Labute approximate surface area is 132 Å². The molecule has 0 radical (unpaired) electrons. The molecule has 0 fully saturated rings. The molecule has 106 valence electrons. The van der Waals surface area contributed by atoms with Crippen LogP contribution in [0.1, 0.15) is 18.1 Å². The summed E-state index contributed by atoms with van der Waals surface area (Å²) < 4.78 is 6.33. The average Bonchev–Trinajstić information content (AvgIpc) is 2.41. The van der Waals surface area contributed by atoms with Crippen molar-refractivity contribution in [1.82, 2.24) is 0 Å². The van der Waals surface area contributed by atoms with Gasteiger partial charge in [0.1, 0.15) is 5.75 Å². The highest BCUT2D eigenvalue weighted by Gasteiger charge is 2.27. The van der Waals surface area contributed by atoms with Crippen molar-refractivity contribution in [3.63, 3.8) is 0 Å². The van der Waals surface area contributed by atoms with E-state index in [1.165, 1.54) is 0 Å². The van der Waals surface area contributed by atoms with E-state index in [1.54, 1.807) is 32.2 Å². The summed E-state index contributed by atoms with van der Waals surface area (Å²) in [6.07, 6.45) is 0.483. The first-order valence-corrected chi connectivity index (χ1v) is 7.40. The van der Waals surface area contributed by atoms with Crippen molar-refractivity contribution in [2.45, 2.75) is 18.9 Å². The number of aliphatic hydroxyl groups is 1. The van der Waals surface area contributed by atoms with Gasteiger partial charge in [0.15, 0.2) is 0 Å². The summed E-state index contributed by atoms with van der Waals surface area (Å²) >= 11 is 9.43. The number of benzene rings is 2. The van der Waals surface area contributed by atoms with Gasteiger partial charge in [0.2, 0.25) is 0 Å². The van der Waals surface area contributed by atoms with Gasteiger partial charge in [-0.15, -0.1) is 0 Å². The summed E-state index contributed by atoms with van der Waals surface area (Å²) in [6.45, 7) is 1.77. The van der Waals surface area contributed by atoms with E-state index in [1.807, 2.05) is 24.3 Å². The maximum Gasteiger partial charge on any atom is 0.125 e. The summed E-state index contributed by atoms with van der Waals surface area (Å²) in [5, 5.41) is 11.4. The minimum absolute atomic E-state index is 0.483. The van der Waals surface area contributed by atoms with Crippen molar-refractivity contribution in [2.24, 2.45) is 0 Å². The average molecular weight is 356 g/mol. The van der Waals surface area contributed by atoms with Crippen LogP contribution in [0.2, 0.25) is 5.02 Å². The molecule has 0 saturated carbocycles. The predicted octanol–water partition coefficient (Wildman–Crippen LogP) is 4.56. The molecule has 2 rings (SSSR count). The molecule has 2 aromatic rings. The zero-order chi connectivity index (χ0) is 14.8. The van der Waals surface area contributed by atoms with Crippen LogP contribution in [0.15, 0.2) is 46.9 Å². The molecule has 20 heavy (non-hydrogen) atoms. The largest absolute Gasteiger partial charge is 0.496 e. The molecule has 4 heteroatoms. The van der Waals surface area contributed by atoms with E-state index in [0.717, 1.165) is 10.0 Å². The molecule has 1 N–H and O–H groups in total. The summed E-state index contributed by atoms with van der Waals surface area (Å²) in [5.74, 6) is 0.636. The van der Waals surface area contributed by atoms with Crippen LogP contribution >= 0.6 is 27.5 Å². The van der Waals surface area contributed by atoms with Crippen LogP contribution in [-0.2, 0) is 12.0 Å². The van der Waals surface area contributed by atoms with Crippen LogP contribution in [0.4, 0.5) is 0 Å². The predicted molar refractivity (Wildman–Crippen MR) is 85.4 cm³/mol. The van der Waals surface area contributed by atoms with Crippen LogP contribution in [-0.4, -0.2) is 12.2 Å². The fraction of sp³-hybridized carbons (Fsp3) is 0.250. The lowest BCUT2D eigenvalue weighted by Crippen LogP contribution is -2.25. The SMILES string of the molecule is COc1ccc(Cl)cc1C(C)(O)Cc1ccc(Br)cc1. The molecule has 0 aliphatic carbocycles. The third kappa shape index (κ3) is 3.54. The van der Waals surface area contributed by atoms with Gasteiger partial charge in [0.05, 0.1) is 12.7 Å². The molecule has 0 heterocycles. The number of ether oxygens (including phenoxy) is 1. The molecule has 0 spiro atoms. The second-order valence-electron chi connectivity index (χ2n) is 4.92. The highest BCUT2D eigenvalue weighted by atomic mass is 79.9. The molecular weight excluding hydrogens is 340 g/mol. The van der Waals surface area contributed by atoms with Crippen molar-refractivity contribution in [2.75, 3.05) is 7.11 Å². The van der Waals surface area contributed by atoms with Gasteiger partial charge in [-0.05, 0) is 42.8 Å². The van der Waals surface area contributed by atoms with Crippen LogP contribution in [0, 0.1) is 0 Å². The van der Waals surface area contributed by atoms with E-state index in [4.69, 9.17) is 16.3 Å². The van der Waals surface area contributed by atoms with Gasteiger partial charge in [-0.3, -0.25) is 0 Å². The quantitative estimate of drug-likeness (QED) is 0.871. The maximum atomic E-state index is 10.8. The van der Waals surface area contributed by atoms with Crippen molar-refractivity contribution in [3.8, 4) is 5.75 Å². The highest BCUT2D eigenvalue weighted by molar-refractivity contribution is 9.10. The number of hydrogen-bond acceptors (Lipinski definition) is 2. The van der Waals surface area contributed by atoms with E-state index in [9.17, 15) is 5.11 Å². The summed E-state index contributed by atoms with van der Waals surface area (Å²) in [7, 11) is 1.59. The van der Waals surface area contributed by atoms with E-state index in [0.29, 0.717) is 22.8 Å². The lowest BCUT2D eigenvalue weighted by Gasteiger charge is -2.26. The molecule has 0 amide bonds. The number of methoxy groups -OCH3 is 1. The molecule has 1 unspecified atom stereocenters. The van der Waals surface area contributed by atoms with E-state index in [-0.39, 0.29) is 0 Å². The molecule has 0 bridgehead atoms. The Hall–Kier alpha value is -1.03. The molecule has 0 aromatic heterocycles. The minimum Gasteiger partial charge on any atom is -0.496 e. The normalized spacial score (nSPS) is 13.8. The molecule has 0 saturated heterocycles. The van der Waals surface area contributed by atoms with Gasteiger partial charge in [0.25, 0.3) is 0 Å². The van der Waals surface area contributed by atoms with Crippen molar-refractivity contribution >= 4 is 27.5 Å². The van der Waals surface area contributed by atoms with Crippen LogP contribution < -0.4 is 4.74 Å². The number of rotatable bonds is 4. The van der Waals surface area contributed by atoms with Gasteiger partial charge in [0, 0.05) is 21.5 Å². The Kier molecular flexibility index (Phi) is 4.74. The topological polar surface area (TPSA) is 29.5 Å². The molecule has 2 nitrogen and oxygen atoms in total. The second kappa shape index (κ2) is 6.17. The Morgan fingerprint density at radius 1 is 1.20 bits per heavy atom. The first kappa shape index (κ1) is 15.4. The van der Waals surface area contributed by atoms with Gasteiger partial charge < -0.3 is 9.84 Å².